The van der Waals surface area contributed by atoms with Crippen molar-refractivity contribution in [3.8, 4) is 0 Å². The summed E-state index contributed by atoms with van der Waals surface area (Å²) in [6, 6.07) is 6.14. The highest BCUT2D eigenvalue weighted by Gasteiger charge is 2.46. The van der Waals surface area contributed by atoms with Crippen molar-refractivity contribution < 1.29 is 59.4 Å². The van der Waals surface area contributed by atoms with Crippen LogP contribution in [0.25, 0.3) is 11.0 Å². The van der Waals surface area contributed by atoms with Gasteiger partial charge in [0.2, 0.25) is 0 Å². The molecule has 322 valence electrons. The van der Waals surface area contributed by atoms with E-state index in [1.807, 2.05) is 0 Å². The van der Waals surface area contributed by atoms with E-state index in [1.54, 1.807) is 39.0 Å². The molecule has 1 unspecified atom stereocenters. The Bertz CT molecular complexity index is 1740. The zero-order valence-electron chi connectivity index (χ0n) is 33.6. The molecule has 0 aliphatic heterocycles. The van der Waals surface area contributed by atoms with E-state index >= 15 is 4.39 Å². The Morgan fingerprint density at radius 1 is 1.04 bits per heavy atom. The predicted molar refractivity (Wildman–Crippen MR) is 206 cm³/mol. The molecule has 1 amide bonds. The van der Waals surface area contributed by atoms with Crippen LogP contribution in [0.4, 0.5) is 35.5 Å². The minimum atomic E-state index is -5.03. The Balaban J connectivity index is 2.15. The summed E-state index contributed by atoms with van der Waals surface area (Å²) in [5, 5.41) is 12.5. The van der Waals surface area contributed by atoms with Crippen molar-refractivity contribution in [1.29, 1.82) is 0 Å². The van der Waals surface area contributed by atoms with E-state index in [9.17, 15) is 40.8 Å². The summed E-state index contributed by atoms with van der Waals surface area (Å²) in [5.74, 6) is -1.04. The second kappa shape index (κ2) is 19.8. The lowest BCUT2D eigenvalue weighted by atomic mass is 10.0. The molecule has 0 aliphatic rings. The Kier molecular flexibility index (Phi) is 16.8. The van der Waals surface area contributed by atoms with E-state index in [4.69, 9.17) is 14.2 Å². The maximum atomic E-state index is 16.8. The maximum absolute atomic E-state index is 16.8. The van der Waals surface area contributed by atoms with E-state index in [0.717, 1.165) is 13.0 Å². The number of amides is 1. The first-order chi connectivity index (χ1) is 26.3. The monoisotopic (exact) mass is 857 g/mol. The van der Waals surface area contributed by atoms with Crippen molar-refractivity contribution in [1.82, 2.24) is 24.5 Å². The third-order valence-electron chi connectivity index (χ3n) is 9.01. The molecule has 57 heavy (non-hydrogen) atoms. The number of imidazole rings is 1. The van der Waals surface area contributed by atoms with Crippen LogP contribution in [0.5, 0.6) is 0 Å². The van der Waals surface area contributed by atoms with Crippen LogP contribution in [0.2, 0.25) is 25.7 Å². The van der Waals surface area contributed by atoms with Gasteiger partial charge in [-0.1, -0.05) is 56.0 Å². The van der Waals surface area contributed by atoms with Gasteiger partial charge in [-0.05, 0) is 52.3 Å². The zero-order valence-corrected chi connectivity index (χ0v) is 35.4. The third kappa shape index (κ3) is 13.8. The fourth-order valence-electron chi connectivity index (χ4n) is 5.67. The summed E-state index contributed by atoms with van der Waals surface area (Å²) in [6.45, 7) is 11.7. The van der Waals surface area contributed by atoms with Crippen molar-refractivity contribution in [3.63, 3.8) is 0 Å². The van der Waals surface area contributed by atoms with E-state index in [1.165, 1.54) is 42.9 Å². The molecule has 0 fully saturated rings. The fraction of sp³-hybridized carbons (Fsp3) is 0.622. The van der Waals surface area contributed by atoms with Gasteiger partial charge in [-0.15, -0.1) is 4.72 Å². The summed E-state index contributed by atoms with van der Waals surface area (Å²) in [5.41, 5.74) is -0.0226. The number of rotatable bonds is 20. The summed E-state index contributed by atoms with van der Waals surface area (Å²) in [7, 11) is -0.323. The fourth-order valence-corrected chi connectivity index (χ4v) is 7.31. The van der Waals surface area contributed by atoms with Gasteiger partial charge in [0.15, 0.2) is 11.9 Å². The van der Waals surface area contributed by atoms with Crippen molar-refractivity contribution in [2.45, 2.75) is 121 Å². The van der Waals surface area contributed by atoms with Crippen LogP contribution in [0, 0.1) is 5.82 Å². The average molecular weight is 858 g/mol. The number of methoxy groups -OCH3 is 1. The van der Waals surface area contributed by atoms with Crippen molar-refractivity contribution >= 4 is 36.6 Å². The smallest absolute Gasteiger partial charge is 0.414 e. The van der Waals surface area contributed by atoms with Gasteiger partial charge < -0.3 is 33.8 Å². The van der Waals surface area contributed by atoms with Crippen molar-refractivity contribution in [2.75, 3.05) is 26.9 Å². The van der Waals surface area contributed by atoms with Crippen LogP contribution in [-0.4, -0.2) is 100 Å². The average Bonchev–Trinajstić information content (AvgIpc) is 3.45. The standard InChI is InChI=1S/C37H54F7N5O6SSi/c1-23(55-24(2)36(39,40)41)31(47-56(52)35(3,4)5)33-46-32-28(49(33)22-54-17-18-57(7,8)9)16-15-26(30(32)38)27(21-53-6)45-19-29(37(42,43)44)48(34(50)51)20-25-13-11-10-12-14-25/h10-16,23-24,27,29,31,45,47H,17-22H2,1-9H3,(H,50,51)/t23-,24-,27-,29+,31+,56?/m1/s1. The molecule has 11 nitrogen and oxygen atoms in total. The lowest BCUT2D eigenvalue weighted by Crippen LogP contribution is -2.53. The van der Waals surface area contributed by atoms with Crippen LogP contribution < -0.4 is 10.0 Å². The second-order valence-corrected chi connectivity index (χ2v) is 23.6. The molecule has 1 aromatic heterocycles. The molecule has 0 spiro atoms. The molecule has 2 aromatic carbocycles. The Labute approximate surface area is 332 Å². The number of ether oxygens (including phenoxy) is 3. The van der Waals surface area contributed by atoms with Crippen molar-refractivity contribution in [2.24, 2.45) is 0 Å². The topological polar surface area (TPSA) is 133 Å². The highest BCUT2D eigenvalue weighted by Crippen LogP contribution is 2.34. The van der Waals surface area contributed by atoms with Crippen LogP contribution in [0.1, 0.15) is 63.7 Å². The highest BCUT2D eigenvalue weighted by atomic mass is 32.2. The molecule has 0 saturated heterocycles. The number of hydrogen-bond acceptors (Lipinski definition) is 8. The van der Waals surface area contributed by atoms with Gasteiger partial charge >= 0.3 is 18.4 Å². The largest absolute Gasteiger partial charge is 0.598 e. The first kappa shape index (κ1) is 48.4. The quantitative estimate of drug-likeness (QED) is 0.0444. The molecule has 3 rings (SSSR count). The first-order valence-electron chi connectivity index (χ1n) is 18.2. The number of benzene rings is 2. The van der Waals surface area contributed by atoms with Gasteiger partial charge in [-0.3, -0.25) is 4.90 Å². The summed E-state index contributed by atoms with van der Waals surface area (Å²) in [6.07, 6.45) is -15.1. The highest BCUT2D eigenvalue weighted by molar-refractivity contribution is 7.90. The molecule has 0 saturated carbocycles. The number of carboxylic acid groups (broad SMARTS) is 1. The second-order valence-electron chi connectivity index (χ2n) is 16.0. The zero-order chi connectivity index (χ0) is 43.1. The van der Waals surface area contributed by atoms with Gasteiger partial charge in [0.25, 0.3) is 0 Å². The van der Waals surface area contributed by atoms with Crippen molar-refractivity contribution in [3.05, 3.63) is 65.2 Å². The summed E-state index contributed by atoms with van der Waals surface area (Å²) < 4.78 is 135. The molecular formula is C37H54F7N5O6SSi. The number of nitrogens with zero attached hydrogens (tertiary/aromatic N) is 3. The Hall–Kier alpha value is -2.98. The van der Waals surface area contributed by atoms with Gasteiger partial charge in [0.1, 0.15) is 34.9 Å². The van der Waals surface area contributed by atoms with Gasteiger partial charge in [-0.2, -0.15) is 26.3 Å². The molecule has 3 N–H and O–H groups in total. The SMILES string of the molecule is COC[C@@H](NC[C@H](N(Cc1ccccc1)C(=O)O)C(F)(F)F)c1ccc2c(nc([C@@H](N[S+]([O-])C(C)(C)C)[C@@H](C)O[C@H](C)C(F)(F)F)n2COCC[Si](C)(C)C)c1F. The number of aromatic nitrogens is 2. The number of carbonyl (C=O) groups is 1. The molecule has 20 heteroatoms. The Morgan fingerprint density at radius 2 is 1.67 bits per heavy atom. The minimum absolute atomic E-state index is 0.0556. The summed E-state index contributed by atoms with van der Waals surface area (Å²) >= 11 is -1.89. The first-order valence-corrected chi connectivity index (χ1v) is 23.1. The van der Waals surface area contributed by atoms with E-state index < -0.39 is 91.9 Å². The predicted octanol–water partition coefficient (Wildman–Crippen LogP) is 8.32. The van der Waals surface area contributed by atoms with Crippen LogP contribution in [0.15, 0.2) is 42.5 Å². The van der Waals surface area contributed by atoms with Gasteiger partial charge in [0, 0.05) is 51.8 Å². The lowest BCUT2D eigenvalue weighted by molar-refractivity contribution is -0.227. The number of nitrogens with one attached hydrogen (secondary N) is 2. The number of hydrogen-bond donors (Lipinski definition) is 3. The molecule has 6 atom stereocenters. The molecular weight excluding hydrogens is 804 g/mol. The number of alkyl halides is 6. The number of halogens is 7. The lowest BCUT2D eigenvalue weighted by Gasteiger charge is -2.32. The van der Waals surface area contributed by atoms with Gasteiger partial charge in [0.05, 0.1) is 24.3 Å². The van der Waals surface area contributed by atoms with E-state index in [2.05, 4.69) is 34.7 Å². The van der Waals surface area contributed by atoms with Crippen LogP contribution in [-0.2, 0) is 38.8 Å². The maximum Gasteiger partial charge on any atom is 0.414 e. The molecule has 0 bridgehead atoms. The molecule has 0 aliphatic carbocycles. The van der Waals surface area contributed by atoms with Crippen LogP contribution >= 0.6 is 0 Å². The summed E-state index contributed by atoms with van der Waals surface area (Å²) in [4.78, 5) is 16.9. The number of fused-ring (bicyclic) bond motifs is 1. The minimum Gasteiger partial charge on any atom is -0.598 e. The third-order valence-corrected chi connectivity index (χ3v) is 12.3. The molecule has 1 heterocycles. The van der Waals surface area contributed by atoms with Crippen LogP contribution in [0.3, 0.4) is 0 Å². The normalized spacial score (nSPS) is 16.3. The molecule has 3 aromatic rings. The molecule has 0 radical (unpaired) electrons. The van der Waals surface area contributed by atoms with Gasteiger partial charge in [-0.25, -0.2) is 14.2 Å². The van der Waals surface area contributed by atoms with E-state index in [0.29, 0.717) is 12.2 Å². The van der Waals surface area contributed by atoms with E-state index in [-0.39, 0.29) is 40.7 Å². The Morgan fingerprint density at radius 3 is 2.19 bits per heavy atom.